The number of hydrogen-bond acceptors (Lipinski definition) is 4. The molecule has 0 aliphatic heterocycles. The van der Waals surface area contributed by atoms with E-state index >= 15 is 0 Å². The first-order chi connectivity index (χ1) is 9.10. The Hall–Kier alpha value is -0.630. The molecular formula is C15H30N2O2. The lowest BCUT2D eigenvalue weighted by atomic mass is 9.79. The summed E-state index contributed by atoms with van der Waals surface area (Å²) in [6.07, 6.45) is 3.57. The molecule has 0 radical (unpaired) electrons. The van der Waals surface area contributed by atoms with Gasteiger partial charge in [-0.25, -0.2) is 0 Å². The molecule has 0 aromatic carbocycles. The predicted molar refractivity (Wildman–Crippen MR) is 78.1 cm³/mol. The molecule has 0 saturated carbocycles. The van der Waals surface area contributed by atoms with E-state index in [1.807, 2.05) is 13.8 Å². The molecule has 0 saturated heterocycles. The normalized spacial score (nSPS) is 11.8. The zero-order valence-electron chi connectivity index (χ0n) is 13.1. The van der Waals surface area contributed by atoms with Crippen molar-refractivity contribution in [3.8, 4) is 6.07 Å². The highest BCUT2D eigenvalue weighted by molar-refractivity contribution is 4.98. The van der Waals surface area contributed by atoms with Crippen LogP contribution in [0.5, 0.6) is 0 Å². The second-order valence-corrected chi connectivity index (χ2v) is 5.19. The largest absolute Gasteiger partial charge is 0.382 e. The van der Waals surface area contributed by atoms with Gasteiger partial charge in [-0.1, -0.05) is 0 Å². The molecule has 0 spiro atoms. The Morgan fingerprint density at radius 2 is 1.53 bits per heavy atom. The molecular weight excluding hydrogens is 240 g/mol. The van der Waals surface area contributed by atoms with Crippen molar-refractivity contribution in [3.05, 3.63) is 0 Å². The van der Waals surface area contributed by atoms with Crippen LogP contribution in [0.25, 0.3) is 0 Å². The fourth-order valence-electron chi connectivity index (χ4n) is 2.10. The predicted octanol–water partition coefficient (Wildman–Crippen LogP) is 2.69. The van der Waals surface area contributed by atoms with E-state index in [2.05, 4.69) is 25.1 Å². The second kappa shape index (κ2) is 11.2. The number of rotatable bonds is 12. The summed E-state index contributed by atoms with van der Waals surface area (Å²) in [4.78, 5) is 2.16. The van der Waals surface area contributed by atoms with Gasteiger partial charge < -0.3 is 14.4 Å². The minimum absolute atomic E-state index is 0.291. The van der Waals surface area contributed by atoms with E-state index in [0.717, 1.165) is 32.2 Å². The van der Waals surface area contributed by atoms with Gasteiger partial charge in [0, 0.05) is 26.4 Å². The van der Waals surface area contributed by atoms with Crippen LogP contribution in [0.4, 0.5) is 0 Å². The van der Waals surface area contributed by atoms with Crippen LogP contribution < -0.4 is 0 Å². The molecule has 0 aromatic heterocycles. The summed E-state index contributed by atoms with van der Waals surface area (Å²) in [5.41, 5.74) is -0.291. The van der Waals surface area contributed by atoms with Gasteiger partial charge in [-0.2, -0.15) is 5.26 Å². The molecule has 0 aliphatic carbocycles. The van der Waals surface area contributed by atoms with Gasteiger partial charge >= 0.3 is 0 Å². The van der Waals surface area contributed by atoms with E-state index in [1.54, 1.807) is 0 Å². The maximum Gasteiger partial charge on any atom is 0.0691 e. The van der Waals surface area contributed by atoms with Crippen LogP contribution in [0.2, 0.25) is 0 Å². The Bertz CT molecular complexity index is 239. The summed E-state index contributed by atoms with van der Waals surface area (Å²) >= 11 is 0. The van der Waals surface area contributed by atoms with Gasteiger partial charge in [0.25, 0.3) is 0 Å². The van der Waals surface area contributed by atoms with Gasteiger partial charge in [-0.15, -0.1) is 0 Å². The van der Waals surface area contributed by atoms with Crippen LogP contribution in [-0.4, -0.2) is 52.0 Å². The van der Waals surface area contributed by atoms with Crippen LogP contribution in [-0.2, 0) is 9.47 Å². The molecule has 0 bridgehead atoms. The first-order valence-corrected chi connectivity index (χ1v) is 7.31. The Labute approximate surface area is 118 Å². The fraction of sp³-hybridized carbons (Fsp3) is 0.933. The highest BCUT2D eigenvalue weighted by Gasteiger charge is 2.29. The van der Waals surface area contributed by atoms with Crippen LogP contribution in [0.3, 0.4) is 0 Å². The first-order valence-electron chi connectivity index (χ1n) is 7.31. The summed E-state index contributed by atoms with van der Waals surface area (Å²) in [5, 5.41) is 9.57. The Kier molecular flexibility index (Phi) is 10.8. The van der Waals surface area contributed by atoms with Gasteiger partial charge in [-0.05, 0) is 60.2 Å². The molecule has 112 valence electrons. The summed E-state index contributed by atoms with van der Waals surface area (Å²) in [6.45, 7) is 7.75. The molecule has 4 heteroatoms. The Balaban J connectivity index is 4.33. The Morgan fingerprint density at radius 1 is 1.00 bits per heavy atom. The van der Waals surface area contributed by atoms with Crippen molar-refractivity contribution in [1.29, 1.82) is 5.26 Å². The lowest BCUT2D eigenvalue weighted by molar-refractivity contribution is 0.0822. The minimum atomic E-state index is -0.291. The average Bonchev–Trinajstić information content (AvgIpc) is 2.38. The van der Waals surface area contributed by atoms with Crippen LogP contribution in [0.1, 0.15) is 39.5 Å². The zero-order valence-corrected chi connectivity index (χ0v) is 13.1. The second-order valence-electron chi connectivity index (χ2n) is 5.19. The first kappa shape index (κ1) is 18.4. The standard InChI is InChI=1S/C15H30N2O2/c1-5-18-12-9-15(14-16,10-13-19-6-2)8-7-11-17(3)4/h5-13H2,1-4H3. The number of nitriles is 1. The van der Waals surface area contributed by atoms with Gasteiger partial charge in [0.15, 0.2) is 0 Å². The summed E-state index contributed by atoms with van der Waals surface area (Å²) < 4.78 is 10.8. The van der Waals surface area contributed by atoms with Crippen molar-refractivity contribution in [2.75, 3.05) is 47.1 Å². The lowest BCUT2D eigenvalue weighted by Gasteiger charge is -2.27. The van der Waals surface area contributed by atoms with Crippen LogP contribution in [0.15, 0.2) is 0 Å². The molecule has 0 fully saturated rings. The molecule has 4 nitrogen and oxygen atoms in total. The van der Waals surface area contributed by atoms with Crippen LogP contribution >= 0.6 is 0 Å². The third kappa shape index (κ3) is 8.99. The fourth-order valence-corrected chi connectivity index (χ4v) is 2.10. The van der Waals surface area contributed by atoms with Gasteiger partial charge in [-0.3, -0.25) is 0 Å². The van der Waals surface area contributed by atoms with Crippen molar-refractivity contribution in [1.82, 2.24) is 4.90 Å². The van der Waals surface area contributed by atoms with Gasteiger partial charge in [0.1, 0.15) is 0 Å². The summed E-state index contributed by atoms with van der Waals surface area (Å²) in [5.74, 6) is 0. The summed E-state index contributed by atoms with van der Waals surface area (Å²) in [7, 11) is 4.13. The third-order valence-corrected chi connectivity index (χ3v) is 3.36. The van der Waals surface area contributed by atoms with E-state index in [1.165, 1.54) is 0 Å². The quantitative estimate of drug-likeness (QED) is 0.512. The average molecular weight is 270 g/mol. The SMILES string of the molecule is CCOCCC(C#N)(CCCN(C)C)CCOCC. The van der Waals surface area contributed by atoms with Crippen molar-refractivity contribution in [2.45, 2.75) is 39.5 Å². The highest BCUT2D eigenvalue weighted by Crippen LogP contribution is 2.32. The topological polar surface area (TPSA) is 45.5 Å². The molecule has 0 aromatic rings. The van der Waals surface area contributed by atoms with E-state index < -0.39 is 0 Å². The van der Waals surface area contributed by atoms with Crippen molar-refractivity contribution in [2.24, 2.45) is 5.41 Å². The molecule has 0 aliphatic rings. The van der Waals surface area contributed by atoms with E-state index in [-0.39, 0.29) is 5.41 Å². The van der Waals surface area contributed by atoms with E-state index in [9.17, 15) is 5.26 Å². The highest BCUT2D eigenvalue weighted by atomic mass is 16.5. The molecule has 0 atom stereocenters. The van der Waals surface area contributed by atoms with Crippen LogP contribution in [0, 0.1) is 16.7 Å². The minimum Gasteiger partial charge on any atom is -0.382 e. The monoisotopic (exact) mass is 270 g/mol. The Morgan fingerprint density at radius 3 is 1.89 bits per heavy atom. The number of hydrogen-bond donors (Lipinski definition) is 0. The molecule has 0 heterocycles. The lowest BCUT2D eigenvalue weighted by Crippen LogP contribution is -2.25. The maximum absolute atomic E-state index is 9.57. The van der Waals surface area contributed by atoms with Crippen molar-refractivity contribution in [3.63, 3.8) is 0 Å². The maximum atomic E-state index is 9.57. The molecule has 0 N–H and O–H groups in total. The summed E-state index contributed by atoms with van der Waals surface area (Å²) in [6, 6.07) is 2.53. The number of ether oxygens (including phenoxy) is 2. The molecule has 0 rings (SSSR count). The molecule has 0 unspecified atom stereocenters. The van der Waals surface area contributed by atoms with Crippen molar-refractivity contribution >= 4 is 0 Å². The third-order valence-electron chi connectivity index (χ3n) is 3.36. The van der Waals surface area contributed by atoms with Gasteiger partial charge in [0.05, 0.1) is 11.5 Å². The zero-order chi connectivity index (χ0) is 14.6. The molecule has 19 heavy (non-hydrogen) atoms. The smallest absolute Gasteiger partial charge is 0.0691 e. The van der Waals surface area contributed by atoms with Gasteiger partial charge in [0.2, 0.25) is 0 Å². The molecule has 0 amide bonds. The van der Waals surface area contributed by atoms with Crippen molar-refractivity contribution < 1.29 is 9.47 Å². The van der Waals surface area contributed by atoms with E-state index in [4.69, 9.17) is 9.47 Å². The van der Waals surface area contributed by atoms with E-state index in [0.29, 0.717) is 26.4 Å². The number of nitrogens with zero attached hydrogens (tertiary/aromatic N) is 2.